The van der Waals surface area contributed by atoms with E-state index in [9.17, 15) is 5.11 Å². The number of aromatic nitrogens is 1. The van der Waals surface area contributed by atoms with Gasteiger partial charge in [-0.15, -0.1) is 0 Å². The lowest BCUT2D eigenvalue weighted by Crippen LogP contribution is -2.23. The first-order chi connectivity index (χ1) is 8.16. The number of fused-ring (bicyclic) bond motifs is 1. The molecule has 1 heterocycles. The van der Waals surface area contributed by atoms with Crippen LogP contribution in [-0.4, -0.2) is 22.8 Å². The van der Waals surface area contributed by atoms with E-state index in [2.05, 4.69) is 29.9 Å². The highest BCUT2D eigenvalue weighted by molar-refractivity contribution is 5.81. The molecule has 0 spiro atoms. The summed E-state index contributed by atoms with van der Waals surface area (Å²) in [5, 5.41) is 13.9. The van der Waals surface area contributed by atoms with Crippen molar-refractivity contribution in [1.29, 1.82) is 0 Å². The average Bonchev–Trinajstić information content (AvgIpc) is 2.66. The third-order valence-electron chi connectivity index (χ3n) is 2.84. The summed E-state index contributed by atoms with van der Waals surface area (Å²) < 4.78 is 2.21. The van der Waals surface area contributed by atoms with Crippen LogP contribution in [0.2, 0.25) is 0 Å². The Hall–Kier alpha value is -1.48. The van der Waals surface area contributed by atoms with Gasteiger partial charge < -0.3 is 15.0 Å². The molecular formula is C14H20N2O. The Bertz CT molecular complexity index is 488. The highest BCUT2D eigenvalue weighted by Gasteiger charge is 2.01. The zero-order valence-corrected chi connectivity index (χ0v) is 10.5. The fourth-order valence-electron chi connectivity index (χ4n) is 1.97. The minimum Gasteiger partial charge on any atom is -0.508 e. The van der Waals surface area contributed by atoms with E-state index in [1.807, 2.05) is 12.1 Å². The molecule has 0 aliphatic heterocycles. The van der Waals surface area contributed by atoms with Crippen LogP contribution in [0.5, 0.6) is 5.75 Å². The monoisotopic (exact) mass is 232 g/mol. The topological polar surface area (TPSA) is 37.2 Å². The second-order valence-corrected chi connectivity index (χ2v) is 4.85. The van der Waals surface area contributed by atoms with Crippen LogP contribution in [0.25, 0.3) is 10.9 Å². The van der Waals surface area contributed by atoms with Gasteiger partial charge >= 0.3 is 0 Å². The molecule has 92 valence electrons. The van der Waals surface area contributed by atoms with Crippen LogP contribution in [0.4, 0.5) is 0 Å². The molecular weight excluding hydrogens is 212 g/mol. The van der Waals surface area contributed by atoms with E-state index in [-0.39, 0.29) is 0 Å². The average molecular weight is 232 g/mol. The molecule has 0 aliphatic carbocycles. The molecule has 0 saturated heterocycles. The van der Waals surface area contributed by atoms with Crippen molar-refractivity contribution in [1.82, 2.24) is 9.88 Å². The summed E-state index contributed by atoms with van der Waals surface area (Å²) in [6.07, 6.45) is 2.07. The van der Waals surface area contributed by atoms with E-state index >= 15 is 0 Å². The summed E-state index contributed by atoms with van der Waals surface area (Å²) in [4.78, 5) is 0. The first kappa shape index (κ1) is 12.0. The standard InChI is InChI=1S/C14H20N2O/c1-11(2)10-15-6-8-16-7-5-12-9-13(17)3-4-14(12)16/h3-5,7,9,11,15,17H,6,8,10H2,1-2H3. The summed E-state index contributed by atoms with van der Waals surface area (Å²) in [7, 11) is 0. The van der Waals surface area contributed by atoms with Gasteiger partial charge in [0.1, 0.15) is 5.75 Å². The Labute approximate surface area is 102 Å². The molecule has 3 heteroatoms. The largest absolute Gasteiger partial charge is 0.508 e. The molecule has 17 heavy (non-hydrogen) atoms. The highest BCUT2D eigenvalue weighted by atomic mass is 16.3. The lowest BCUT2D eigenvalue weighted by Gasteiger charge is -2.09. The molecule has 1 aromatic carbocycles. The number of phenols is 1. The van der Waals surface area contributed by atoms with Gasteiger partial charge in [-0.2, -0.15) is 0 Å². The van der Waals surface area contributed by atoms with E-state index < -0.39 is 0 Å². The van der Waals surface area contributed by atoms with E-state index in [1.54, 1.807) is 12.1 Å². The van der Waals surface area contributed by atoms with Crippen LogP contribution >= 0.6 is 0 Å². The van der Waals surface area contributed by atoms with E-state index in [0.29, 0.717) is 11.7 Å². The van der Waals surface area contributed by atoms with E-state index in [0.717, 1.165) is 25.0 Å². The highest BCUT2D eigenvalue weighted by Crippen LogP contribution is 2.20. The Morgan fingerprint density at radius 1 is 1.29 bits per heavy atom. The van der Waals surface area contributed by atoms with Crippen molar-refractivity contribution in [2.24, 2.45) is 5.92 Å². The van der Waals surface area contributed by atoms with Crippen molar-refractivity contribution in [3.63, 3.8) is 0 Å². The first-order valence-corrected chi connectivity index (χ1v) is 6.15. The lowest BCUT2D eigenvalue weighted by atomic mass is 10.2. The number of nitrogens with one attached hydrogen (secondary N) is 1. The molecule has 0 aliphatic rings. The number of rotatable bonds is 5. The van der Waals surface area contributed by atoms with Crippen molar-refractivity contribution in [2.45, 2.75) is 20.4 Å². The van der Waals surface area contributed by atoms with Crippen molar-refractivity contribution in [3.05, 3.63) is 30.5 Å². The van der Waals surface area contributed by atoms with Crippen molar-refractivity contribution < 1.29 is 5.11 Å². The first-order valence-electron chi connectivity index (χ1n) is 6.15. The summed E-state index contributed by atoms with van der Waals surface area (Å²) in [6, 6.07) is 7.54. The third kappa shape index (κ3) is 3.01. The smallest absolute Gasteiger partial charge is 0.116 e. The minimum atomic E-state index is 0.327. The Morgan fingerprint density at radius 3 is 2.88 bits per heavy atom. The minimum absolute atomic E-state index is 0.327. The summed E-state index contributed by atoms with van der Waals surface area (Å²) in [5.74, 6) is 1.02. The van der Waals surface area contributed by atoms with Gasteiger partial charge in [-0.05, 0) is 36.7 Å². The lowest BCUT2D eigenvalue weighted by molar-refractivity contribution is 0.476. The summed E-state index contributed by atoms with van der Waals surface area (Å²) in [5.41, 5.74) is 1.18. The molecule has 0 fully saturated rings. The van der Waals surface area contributed by atoms with E-state index in [1.165, 1.54) is 5.52 Å². The van der Waals surface area contributed by atoms with Crippen LogP contribution in [0.15, 0.2) is 30.5 Å². The maximum atomic E-state index is 9.39. The predicted molar refractivity (Wildman–Crippen MR) is 71.3 cm³/mol. The van der Waals surface area contributed by atoms with Gasteiger partial charge in [-0.1, -0.05) is 13.8 Å². The van der Waals surface area contributed by atoms with Gasteiger partial charge in [0, 0.05) is 30.2 Å². The fourth-order valence-corrected chi connectivity index (χ4v) is 1.97. The number of hydrogen-bond acceptors (Lipinski definition) is 2. The predicted octanol–water partition coefficient (Wildman–Crippen LogP) is 2.59. The van der Waals surface area contributed by atoms with Gasteiger partial charge in [-0.25, -0.2) is 0 Å². The van der Waals surface area contributed by atoms with Crippen LogP contribution in [0.1, 0.15) is 13.8 Å². The van der Waals surface area contributed by atoms with Crippen LogP contribution in [-0.2, 0) is 6.54 Å². The number of aromatic hydroxyl groups is 1. The molecule has 0 bridgehead atoms. The summed E-state index contributed by atoms with van der Waals surface area (Å²) >= 11 is 0. The quantitative estimate of drug-likeness (QED) is 0.777. The third-order valence-corrected chi connectivity index (χ3v) is 2.84. The van der Waals surface area contributed by atoms with Crippen LogP contribution in [0, 0.1) is 5.92 Å². The SMILES string of the molecule is CC(C)CNCCn1ccc2cc(O)ccc21. The van der Waals surface area contributed by atoms with Crippen molar-refractivity contribution >= 4 is 10.9 Å². The Balaban J connectivity index is 1.99. The van der Waals surface area contributed by atoms with Crippen LogP contribution in [0.3, 0.4) is 0 Å². The van der Waals surface area contributed by atoms with E-state index in [4.69, 9.17) is 0 Å². The zero-order chi connectivity index (χ0) is 12.3. The number of phenolic OH excluding ortho intramolecular Hbond substituents is 1. The zero-order valence-electron chi connectivity index (χ0n) is 10.5. The molecule has 2 N–H and O–H groups in total. The molecule has 2 rings (SSSR count). The second-order valence-electron chi connectivity index (χ2n) is 4.85. The number of hydrogen-bond donors (Lipinski definition) is 2. The summed E-state index contributed by atoms with van der Waals surface area (Å²) in [6.45, 7) is 7.41. The maximum absolute atomic E-state index is 9.39. The molecule has 2 aromatic rings. The molecule has 0 saturated carbocycles. The fraction of sp³-hybridized carbons (Fsp3) is 0.429. The normalized spacial score (nSPS) is 11.5. The molecule has 1 aromatic heterocycles. The number of benzene rings is 1. The van der Waals surface area contributed by atoms with Gasteiger partial charge in [0.05, 0.1) is 0 Å². The molecule has 0 atom stereocenters. The maximum Gasteiger partial charge on any atom is 0.116 e. The molecule has 3 nitrogen and oxygen atoms in total. The van der Waals surface area contributed by atoms with Gasteiger partial charge in [0.25, 0.3) is 0 Å². The van der Waals surface area contributed by atoms with Gasteiger partial charge in [-0.3, -0.25) is 0 Å². The Kier molecular flexibility index (Phi) is 3.69. The molecule has 0 radical (unpaired) electrons. The molecule has 0 amide bonds. The van der Waals surface area contributed by atoms with Crippen LogP contribution < -0.4 is 5.32 Å². The Morgan fingerprint density at radius 2 is 2.12 bits per heavy atom. The van der Waals surface area contributed by atoms with Gasteiger partial charge in [0.15, 0.2) is 0 Å². The molecule has 0 unspecified atom stereocenters. The van der Waals surface area contributed by atoms with Gasteiger partial charge in [0.2, 0.25) is 0 Å². The number of nitrogens with zero attached hydrogens (tertiary/aromatic N) is 1. The van der Waals surface area contributed by atoms with Crippen molar-refractivity contribution in [2.75, 3.05) is 13.1 Å². The second kappa shape index (κ2) is 5.23. The van der Waals surface area contributed by atoms with Crippen molar-refractivity contribution in [3.8, 4) is 5.75 Å².